The highest BCUT2D eigenvalue weighted by Gasteiger charge is 2.28. The van der Waals surface area contributed by atoms with E-state index >= 15 is 0 Å². The van der Waals surface area contributed by atoms with Crippen LogP contribution in [0.25, 0.3) is 0 Å². The summed E-state index contributed by atoms with van der Waals surface area (Å²) in [6, 6.07) is 0. The number of esters is 1. The van der Waals surface area contributed by atoms with Crippen molar-refractivity contribution in [3.8, 4) is 0 Å². The van der Waals surface area contributed by atoms with Crippen molar-refractivity contribution < 1.29 is 9.53 Å². The molecule has 0 fully saturated rings. The molecule has 3 heteroatoms. The monoisotopic (exact) mass is 354 g/mol. The van der Waals surface area contributed by atoms with E-state index in [4.69, 9.17) is 4.74 Å². The third-order valence-corrected chi connectivity index (χ3v) is 6.74. The van der Waals surface area contributed by atoms with Crippen molar-refractivity contribution in [3.63, 3.8) is 0 Å². The van der Waals surface area contributed by atoms with Gasteiger partial charge in [-0.1, -0.05) is 65.5 Å². The summed E-state index contributed by atoms with van der Waals surface area (Å²) in [4.78, 5) is 12.0. The van der Waals surface area contributed by atoms with Crippen LogP contribution in [0.1, 0.15) is 86.0 Å². The van der Waals surface area contributed by atoms with Gasteiger partial charge in [-0.25, -0.2) is 0 Å². The molecule has 0 aromatic rings. The van der Waals surface area contributed by atoms with Crippen LogP contribution in [0, 0.1) is 11.8 Å². The lowest BCUT2D eigenvalue weighted by atomic mass is 9.85. The summed E-state index contributed by atoms with van der Waals surface area (Å²) >= 11 is 1.95. The molecule has 0 aromatic carbocycles. The zero-order valence-electron chi connectivity index (χ0n) is 16.5. The molecule has 140 valence electrons. The molecule has 0 bridgehead atoms. The Kier molecular flexibility index (Phi) is 10.1. The van der Waals surface area contributed by atoms with Crippen molar-refractivity contribution in [2.24, 2.45) is 11.8 Å². The molecule has 0 saturated carbocycles. The summed E-state index contributed by atoms with van der Waals surface area (Å²) in [6.07, 6.45) is 11.3. The highest BCUT2D eigenvalue weighted by molar-refractivity contribution is 8.00. The van der Waals surface area contributed by atoms with Gasteiger partial charge in [0, 0.05) is 10.5 Å². The van der Waals surface area contributed by atoms with Gasteiger partial charge in [-0.15, -0.1) is 0 Å². The Balaban J connectivity index is 2.23. The fraction of sp³-hybridized carbons (Fsp3) is 0.857. The fourth-order valence-electron chi connectivity index (χ4n) is 3.18. The normalized spacial score (nSPS) is 22.3. The zero-order valence-corrected chi connectivity index (χ0v) is 17.3. The van der Waals surface area contributed by atoms with Gasteiger partial charge >= 0.3 is 5.97 Å². The molecule has 1 rings (SSSR count). The molecule has 2 atom stereocenters. The van der Waals surface area contributed by atoms with Crippen LogP contribution in [0.3, 0.4) is 0 Å². The molecule has 0 N–H and O–H groups in total. The molecule has 0 heterocycles. The van der Waals surface area contributed by atoms with E-state index in [-0.39, 0.29) is 5.97 Å². The minimum atomic E-state index is -0.0183. The molecule has 24 heavy (non-hydrogen) atoms. The predicted molar refractivity (Wildman–Crippen MR) is 107 cm³/mol. The van der Waals surface area contributed by atoms with Gasteiger partial charge in [0.05, 0.1) is 13.0 Å². The van der Waals surface area contributed by atoms with E-state index in [2.05, 4.69) is 40.7 Å². The first-order valence-electron chi connectivity index (χ1n) is 9.88. The minimum absolute atomic E-state index is 0.0183. The van der Waals surface area contributed by atoms with E-state index in [0.29, 0.717) is 29.6 Å². The topological polar surface area (TPSA) is 26.3 Å². The summed E-state index contributed by atoms with van der Waals surface area (Å²) in [5.41, 5.74) is 1.60. The average molecular weight is 355 g/mol. The van der Waals surface area contributed by atoms with Crippen molar-refractivity contribution in [1.82, 2.24) is 0 Å². The largest absolute Gasteiger partial charge is 0.465 e. The maximum Gasteiger partial charge on any atom is 0.306 e. The molecule has 1 aliphatic carbocycles. The Morgan fingerprint density at radius 3 is 2.67 bits per heavy atom. The highest BCUT2D eigenvalue weighted by Crippen LogP contribution is 2.40. The van der Waals surface area contributed by atoms with Gasteiger partial charge in [0.2, 0.25) is 0 Å². The molecule has 0 aliphatic heterocycles. The van der Waals surface area contributed by atoms with Crippen molar-refractivity contribution in [1.29, 1.82) is 0 Å². The Bertz CT molecular complexity index is 403. The number of ether oxygens (including phenoxy) is 1. The van der Waals surface area contributed by atoms with Crippen LogP contribution < -0.4 is 0 Å². The van der Waals surface area contributed by atoms with E-state index in [9.17, 15) is 4.79 Å². The lowest BCUT2D eigenvalue weighted by Crippen LogP contribution is -2.24. The average Bonchev–Trinajstić information content (AvgIpc) is 2.55. The van der Waals surface area contributed by atoms with Gasteiger partial charge < -0.3 is 4.74 Å². The molecular formula is C21H38O2S. The molecule has 2 unspecified atom stereocenters. The zero-order chi connectivity index (χ0) is 18.0. The molecule has 0 radical (unpaired) electrons. The molecule has 0 saturated heterocycles. The molecule has 0 aromatic heterocycles. The number of unbranched alkanes of at least 4 members (excludes halogenated alkanes) is 1. The molecule has 0 amide bonds. The van der Waals surface area contributed by atoms with Crippen LogP contribution in [0.5, 0.6) is 0 Å². The fourth-order valence-corrected chi connectivity index (χ4v) is 4.39. The smallest absolute Gasteiger partial charge is 0.306 e. The van der Waals surface area contributed by atoms with Crippen LogP contribution >= 0.6 is 11.8 Å². The second kappa shape index (κ2) is 11.2. The minimum Gasteiger partial charge on any atom is -0.465 e. The van der Waals surface area contributed by atoms with Crippen LogP contribution in [-0.4, -0.2) is 23.1 Å². The summed E-state index contributed by atoms with van der Waals surface area (Å²) in [6.45, 7) is 11.9. The quantitative estimate of drug-likeness (QED) is 0.317. The van der Waals surface area contributed by atoms with Crippen molar-refractivity contribution >= 4 is 17.7 Å². The van der Waals surface area contributed by atoms with Gasteiger partial charge in [0.1, 0.15) is 0 Å². The summed E-state index contributed by atoms with van der Waals surface area (Å²) in [7, 11) is 0. The van der Waals surface area contributed by atoms with Gasteiger partial charge in [-0.3, -0.25) is 4.79 Å². The lowest BCUT2D eigenvalue weighted by molar-refractivity contribution is -0.144. The Labute approximate surface area is 154 Å². The SMILES string of the molecule is CCCCC(CC)COC(=O)CCSC1(C)CC=C(C(C)C)CC1. The number of thioether (sulfide) groups is 1. The second-order valence-corrected chi connectivity index (χ2v) is 9.47. The van der Waals surface area contributed by atoms with Crippen molar-refractivity contribution in [2.45, 2.75) is 90.7 Å². The van der Waals surface area contributed by atoms with E-state index in [1.54, 1.807) is 5.57 Å². The Hall–Kier alpha value is -0.440. The summed E-state index contributed by atoms with van der Waals surface area (Å²) < 4.78 is 5.80. The second-order valence-electron chi connectivity index (χ2n) is 7.79. The van der Waals surface area contributed by atoms with E-state index in [1.807, 2.05) is 11.8 Å². The van der Waals surface area contributed by atoms with E-state index in [1.165, 1.54) is 32.1 Å². The molecule has 1 aliphatic rings. The lowest BCUT2D eigenvalue weighted by Gasteiger charge is -2.33. The van der Waals surface area contributed by atoms with Gasteiger partial charge in [0.25, 0.3) is 0 Å². The standard InChI is InChI=1S/C21H38O2S/c1-6-8-9-18(7-2)16-23-20(22)12-15-24-21(5)13-10-19(11-14-21)17(3)4/h10,17-18H,6-9,11-16H2,1-5H3. The number of carbonyl (C=O) groups is 1. The van der Waals surface area contributed by atoms with Gasteiger partial charge in [0.15, 0.2) is 0 Å². The number of hydrogen-bond donors (Lipinski definition) is 0. The molecule has 0 spiro atoms. The predicted octanol–water partition coefficient (Wildman–Crippen LogP) is 6.39. The first-order chi connectivity index (χ1) is 11.4. The summed E-state index contributed by atoms with van der Waals surface area (Å²) in [5, 5.41) is 0. The van der Waals surface area contributed by atoms with Crippen LogP contribution in [0.4, 0.5) is 0 Å². The maximum atomic E-state index is 12.0. The van der Waals surface area contributed by atoms with Crippen LogP contribution in [0.15, 0.2) is 11.6 Å². The number of carbonyl (C=O) groups excluding carboxylic acids is 1. The van der Waals surface area contributed by atoms with Crippen LogP contribution in [0.2, 0.25) is 0 Å². The molecular weight excluding hydrogens is 316 g/mol. The van der Waals surface area contributed by atoms with Gasteiger partial charge in [-0.2, -0.15) is 11.8 Å². The first-order valence-corrected chi connectivity index (χ1v) is 10.9. The maximum absolute atomic E-state index is 12.0. The first kappa shape index (κ1) is 21.6. The Morgan fingerprint density at radius 2 is 2.12 bits per heavy atom. The summed E-state index contributed by atoms with van der Waals surface area (Å²) in [5.74, 6) is 2.08. The highest BCUT2D eigenvalue weighted by atomic mass is 32.2. The Morgan fingerprint density at radius 1 is 1.38 bits per heavy atom. The number of hydrogen-bond acceptors (Lipinski definition) is 3. The van der Waals surface area contributed by atoms with Crippen LogP contribution in [-0.2, 0) is 9.53 Å². The van der Waals surface area contributed by atoms with Gasteiger partial charge in [-0.05, 0) is 37.5 Å². The number of allylic oxidation sites excluding steroid dienone is 2. The third-order valence-electron chi connectivity index (χ3n) is 5.26. The third kappa shape index (κ3) is 8.09. The molecule has 2 nitrogen and oxygen atoms in total. The number of rotatable bonds is 11. The van der Waals surface area contributed by atoms with Crippen molar-refractivity contribution in [2.75, 3.05) is 12.4 Å². The van der Waals surface area contributed by atoms with Crippen molar-refractivity contribution in [3.05, 3.63) is 11.6 Å². The van der Waals surface area contributed by atoms with E-state index in [0.717, 1.165) is 18.6 Å². The van der Waals surface area contributed by atoms with E-state index < -0.39 is 0 Å².